The van der Waals surface area contributed by atoms with E-state index in [1.165, 1.54) is 17.8 Å². The first-order chi connectivity index (χ1) is 14.4. The predicted octanol–water partition coefficient (Wildman–Crippen LogP) is 4.96. The number of Topliss-reactive ketones (excluding diaryl/α,β-unsaturated/α-hetero) is 1. The molecule has 152 valence electrons. The molecule has 8 heteroatoms. The third-order valence-corrected chi connectivity index (χ3v) is 5.62. The van der Waals surface area contributed by atoms with Crippen LogP contribution in [-0.4, -0.2) is 31.3 Å². The second-order valence-electron chi connectivity index (χ2n) is 6.87. The molecule has 0 saturated heterocycles. The van der Waals surface area contributed by atoms with E-state index in [2.05, 4.69) is 15.2 Å². The zero-order valence-electron chi connectivity index (χ0n) is 16.7. The van der Waals surface area contributed by atoms with E-state index in [1.807, 2.05) is 30.5 Å². The Morgan fingerprint density at radius 2 is 1.87 bits per heavy atom. The summed E-state index contributed by atoms with van der Waals surface area (Å²) >= 11 is 1.19. The van der Waals surface area contributed by atoms with E-state index in [-0.39, 0.29) is 17.4 Å². The largest absolute Gasteiger partial charge is 0.411 e. The second kappa shape index (κ2) is 8.23. The molecule has 0 fully saturated rings. The maximum Gasteiger partial charge on any atom is 0.277 e. The summed E-state index contributed by atoms with van der Waals surface area (Å²) in [6.07, 6.45) is 3.29. The van der Waals surface area contributed by atoms with E-state index in [4.69, 9.17) is 4.42 Å². The highest BCUT2D eigenvalue weighted by Crippen LogP contribution is 2.26. The molecule has 0 aliphatic carbocycles. The van der Waals surface area contributed by atoms with E-state index in [1.54, 1.807) is 37.5 Å². The summed E-state index contributed by atoms with van der Waals surface area (Å²) < 4.78 is 21.5. The van der Waals surface area contributed by atoms with Crippen molar-refractivity contribution in [2.75, 3.05) is 5.75 Å². The van der Waals surface area contributed by atoms with E-state index in [0.717, 1.165) is 17.0 Å². The quantitative estimate of drug-likeness (QED) is 0.323. The highest BCUT2D eigenvalue weighted by Gasteiger charge is 2.19. The monoisotopic (exact) mass is 422 g/mol. The van der Waals surface area contributed by atoms with Crippen molar-refractivity contribution in [3.8, 4) is 17.1 Å². The first-order valence-electron chi connectivity index (χ1n) is 9.29. The van der Waals surface area contributed by atoms with Gasteiger partial charge in [0.1, 0.15) is 5.82 Å². The summed E-state index contributed by atoms with van der Waals surface area (Å²) in [5, 5.41) is 8.33. The SMILES string of the molecule is Cc1ccc(-n2c(C)cc(C(=O)CSc3nnc(-c4ccncc4)o3)c2C)cc1F. The summed E-state index contributed by atoms with van der Waals surface area (Å²) in [6, 6.07) is 10.4. The van der Waals surface area contributed by atoms with Crippen LogP contribution in [0.25, 0.3) is 17.1 Å². The van der Waals surface area contributed by atoms with Gasteiger partial charge in [-0.15, -0.1) is 10.2 Å². The topological polar surface area (TPSA) is 73.8 Å². The average molecular weight is 422 g/mol. The lowest BCUT2D eigenvalue weighted by molar-refractivity contribution is 0.102. The summed E-state index contributed by atoms with van der Waals surface area (Å²) in [5.41, 5.74) is 4.27. The number of pyridine rings is 1. The molecule has 0 saturated carbocycles. The Bertz CT molecular complexity index is 1220. The van der Waals surface area contributed by atoms with Crippen molar-refractivity contribution < 1.29 is 13.6 Å². The van der Waals surface area contributed by atoms with Crippen LogP contribution in [-0.2, 0) is 0 Å². The van der Waals surface area contributed by atoms with Crippen molar-refractivity contribution in [2.24, 2.45) is 0 Å². The highest BCUT2D eigenvalue weighted by atomic mass is 32.2. The van der Waals surface area contributed by atoms with Gasteiger partial charge in [0.15, 0.2) is 5.78 Å². The molecular weight excluding hydrogens is 403 g/mol. The van der Waals surface area contributed by atoms with Gasteiger partial charge in [-0.1, -0.05) is 17.8 Å². The molecule has 0 aliphatic heterocycles. The number of ketones is 1. The van der Waals surface area contributed by atoms with Gasteiger partial charge in [0.05, 0.1) is 5.75 Å². The summed E-state index contributed by atoms with van der Waals surface area (Å²) in [7, 11) is 0. The average Bonchev–Trinajstić information content (AvgIpc) is 3.33. The Balaban J connectivity index is 1.51. The van der Waals surface area contributed by atoms with Crippen LogP contribution < -0.4 is 0 Å². The lowest BCUT2D eigenvalue weighted by Crippen LogP contribution is -2.06. The minimum absolute atomic E-state index is 0.0596. The maximum atomic E-state index is 14.0. The van der Waals surface area contributed by atoms with Crippen molar-refractivity contribution >= 4 is 17.5 Å². The van der Waals surface area contributed by atoms with Crippen LogP contribution in [0.1, 0.15) is 27.3 Å². The smallest absolute Gasteiger partial charge is 0.277 e. The highest BCUT2D eigenvalue weighted by molar-refractivity contribution is 7.99. The van der Waals surface area contributed by atoms with Crippen molar-refractivity contribution in [1.29, 1.82) is 0 Å². The molecule has 0 unspecified atom stereocenters. The fourth-order valence-electron chi connectivity index (χ4n) is 3.25. The first-order valence-corrected chi connectivity index (χ1v) is 10.3. The lowest BCUT2D eigenvalue weighted by atomic mass is 10.2. The van der Waals surface area contributed by atoms with Crippen LogP contribution in [0.15, 0.2) is 58.4 Å². The number of benzene rings is 1. The molecule has 0 bridgehead atoms. The van der Waals surface area contributed by atoms with Gasteiger partial charge >= 0.3 is 0 Å². The van der Waals surface area contributed by atoms with Gasteiger partial charge in [-0.3, -0.25) is 9.78 Å². The van der Waals surface area contributed by atoms with E-state index < -0.39 is 0 Å². The van der Waals surface area contributed by atoms with Crippen LogP contribution in [0, 0.1) is 26.6 Å². The third-order valence-electron chi connectivity index (χ3n) is 4.81. The summed E-state index contributed by atoms with van der Waals surface area (Å²) in [5.74, 6) is 0.206. The Hall–Kier alpha value is -3.26. The van der Waals surface area contributed by atoms with Crippen molar-refractivity contribution in [3.05, 3.63) is 77.1 Å². The normalized spacial score (nSPS) is 11.1. The van der Waals surface area contributed by atoms with Gasteiger partial charge in [0, 0.05) is 40.6 Å². The Labute approximate surface area is 177 Å². The summed E-state index contributed by atoms with van der Waals surface area (Å²) in [4.78, 5) is 16.8. The molecular formula is C22H19FN4O2S. The van der Waals surface area contributed by atoms with E-state index >= 15 is 0 Å². The maximum absolute atomic E-state index is 14.0. The van der Waals surface area contributed by atoms with Crippen LogP contribution in [0.2, 0.25) is 0 Å². The number of nitrogens with zero attached hydrogens (tertiary/aromatic N) is 4. The molecule has 0 amide bonds. The number of halogens is 1. The molecule has 4 aromatic rings. The van der Waals surface area contributed by atoms with Gasteiger partial charge in [-0.05, 0) is 56.7 Å². The number of carbonyl (C=O) groups excluding carboxylic acids is 1. The van der Waals surface area contributed by atoms with Gasteiger partial charge in [0.25, 0.3) is 5.22 Å². The number of hydrogen-bond donors (Lipinski definition) is 0. The second-order valence-corrected chi connectivity index (χ2v) is 7.80. The molecule has 6 nitrogen and oxygen atoms in total. The summed E-state index contributed by atoms with van der Waals surface area (Å²) in [6.45, 7) is 5.48. The molecule has 1 aromatic carbocycles. The van der Waals surface area contributed by atoms with Crippen molar-refractivity contribution in [2.45, 2.75) is 26.0 Å². The number of carbonyl (C=O) groups is 1. The van der Waals surface area contributed by atoms with Gasteiger partial charge in [-0.25, -0.2) is 4.39 Å². The minimum atomic E-state index is -0.273. The number of hydrogen-bond acceptors (Lipinski definition) is 6. The molecule has 0 atom stereocenters. The van der Waals surface area contributed by atoms with E-state index in [9.17, 15) is 9.18 Å². The molecule has 0 spiro atoms. The fraction of sp³-hybridized carbons (Fsp3) is 0.182. The van der Waals surface area contributed by atoms with Crippen molar-refractivity contribution in [3.63, 3.8) is 0 Å². The molecule has 0 aliphatic rings. The zero-order chi connectivity index (χ0) is 21.3. The standard InChI is InChI=1S/C22H19FN4O2S/c1-13-4-5-17(11-19(13)23)27-14(2)10-18(15(27)3)20(28)12-30-22-26-25-21(29-22)16-6-8-24-9-7-16/h4-11H,12H2,1-3H3. The Morgan fingerprint density at radius 3 is 2.60 bits per heavy atom. The predicted molar refractivity (Wildman–Crippen MR) is 113 cm³/mol. The van der Waals surface area contributed by atoms with Crippen LogP contribution in [0.3, 0.4) is 0 Å². The Morgan fingerprint density at radius 1 is 1.10 bits per heavy atom. The number of thioether (sulfide) groups is 1. The van der Waals surface area contributed by atoms with Gasteiger partial charge in [-0.2, -0.15) is 0 Å². The number of rotatable bonds is 6. The zero-order valence-corrected chi connectivity index (χ0v) is 17.5. The van der Waals surface area contributed by atoms with Crippen LogP contribution in [0.4, 0.5) is 4.39 Å². The molecule has 0 radical (unpaired) electrons. The lowest BCUT2D eigenvalue weighted by Gasteiger charge is -2.11. The van der Waals surface area contributed by atoms with Crippen LogP contribution in [0.5, 0.6) is 0 Å². The molecule has 0 N–H and O–H groups in total. The molecule has 3 aromatic heterocycles. The van der Waals surface area contributed by atoms with Gasteiger partial charge in [0.2, 0.25) is 5.89 Å². The molecule has 4 rings (SSSR count). The third kappa shape index (κ3) is 3.91. The minimum Gasteiger partial charge on any atom is -0.411 e. The van der Waals surface area contributed by atoms with Gasteiger partial charge < -0.3 is 8.98 Å². The first kappa shape index (κ1) is 20.0. The van der Waals surface area contributed by atoms with Crippen molar-refractivity contribution in [1.82, 2.24) is 19.7 Å². The Kier molecular flexibility index (Phi) is 5.50. The fourth-order valence-corrected chi connectivity index (χ4v) is 3.89. The van der Waals surface area contributed by atoms with Crippen LogP contribution >= 0.6 is 11.8 Å². The number of aryl methyl sites for hydroxylation is 2. The molecule has 30 heavy (non-hydrogen) atoms. The number of aromatic nitrogens is 4. The molecule has 3 heterocycles. The van der Waals surface area contributed by atoms with E-state index in [0.29, 0.717) is 27.9 Å².